The first-order valence-electron chi connectivity index (χ1n) is 12.9. The number of carbonyl (C=O) groups excluding carboxylic acids is 2. The van der Waals surface area contributed by atoms with Gasteiger partial charge in [-0.1, -0.05) is 43.5 Å². The molecule has 0 atom stereocenters. The first-order chi connectivity index (χ1) is 19.2. The van der Waals surface area contributed by atoms with Gasteiger partial charge < -0.3 is 20.1 Å². The molecule has 3 aromatic carbocycles. The van der Waals surface area contributed by atoms with Crippen LogP contribution in [0.2, 0.25) is 0 Å². The second-order valence-electron chi connectivity index (χ2n) is 9.38. The van der Waals surface area contributed by atoms with E-state index in [0.717, 1.165) is 38.2 Å². The molecule has 9 nitrogen and oxygen atoms in total. The van der Waals surface area contributed by atoms with Crippen LogP contribution in [-0.2, 0) is 14.8 Å². The van der Waals surface area contributed by atoms with Crippen LogP contribution in [0.1, 0.15) is 42.5 Å². The molecule has 0 bridgehead atoms. The number of halogens is 1. The van der Waals surface area contributed by atoms with E-state index in [1.807, 2.05) is 0 Å². The molecule has 0 radical (unpaired) electrons. The van der Waals surface area contributed by atoms with E-state index in [-0.39, 0.29) is 39.5 Å². The maximum Gasteiger partial charge on any atom is 0.265 e. The molecular weight excluding hydrogens is 537 g/mol. The van der Waals surface area contributed by atoms with E-state index in [4.69, 9.17) is 9.47 Å². The molecule has 0 saturated heterocycles. The zero-order chi connectivity index (χ0) is 28.7. The smallest absolute Gasteiger partial charge is 0.265 e. The number of nitrogens with zero attached hydrogens (tertiary/aromatic N) is 1. The molecule has 0 spiro atoms. The number of sulfonamides is 1. The number of carbonyl (C=O) groups is 2. The SMILES string of the molecule is COc1ccc(S(=O)(=O)N(CC(=O)Nc2ccccc2C(=O)NC2CCCCC2)c2ccccc2F)cc1OC. The third-order valence-electron chi connectivity index (χ3n) is 6.74. The van der Waals surface area contributed by atoms with Gasteiger partial charge in [-0.2, -0.15) is 0 Å². The predicted octanol–water partition coefficient (Wildman–Crippen LogP) is 4.74. The number of amides is 2. The zero-order valence-corrected chi connectivity index (χ0v) is 23.2. The number of ether oxygens (including phenoxy) is 2. The maximum absolute atomic E-state index is 14.9. The summed E-state index contributed by atoms with van der Waals surface area (Å²) in [5.74, 6) is -1.46. The Morgan fingerprint density at radius 2 is 1.60 bits per heavy atom. The highest BCUT2D eigenvalue weighted by molar-refractivity contribution is 7.92. The Hall–Kier alpha value is -4.12. The van der Waals surface area contributed by atoms with Gasteiger partial charge >= 0.3 is 0 Å². The van der Waals surface area contributed by atoms with Gasteiger partial charge in [-0.3, -0.25) is 13.9 Å². The van der Waals surface area contributed by atoms with Crippen molar-refractivity contribution >= 4 is 33.2 Å². The summed E-state index contributed by atoms with van der Waals surface area (Å²) < 4.78 is 53.5. The molecule has 1 fully saturated rings. The Balaban J connectivity index is 1.62. The first kappa shape index (κ1) is 28.9. The van der Waals surface area contributed by atoms with Crippen molar-refractivity contribution in [2.75, 3.05) is 30.4 Å². The predicted molar refractivity (Wildman–Crippen MR) is 150 cm³/mol. The highest BCUT2D eigenvalue weighted by Crippen LogP contribution is 2.33. The number of methoxy groups -OCH3 is 2. The Labute approximate surface area is 233 Å². The zero-order valence-electron chi connectivity index (χ0n) is 22.4. The molecule has 40 heavy (non-hydrogen) atoms. The Morgan fingerprint density at radius 1 is 0.925 bits per heavy atom. The van der Waals surface area contributed by atoms with Crippen LogP contribution in [0.5, 0.6) is 11.5 Å². The maximum atomic E-state index is 14.9. The largest absolute Gasteiger partial charge is 0.493 e. The molecule has 212 valence electrons. The van der Waals surface area contributed by atoms with E-state index in [1.165, 1.54) is 50.6 Å². The first-order valence-corrected chi connectivity index (χ1v) is 14.4. The molecule has 4 rings (SSSR count). The average molecular weight is 570 g/mol. The summed E-state index contributed by atoms with van der Waals surface area (Å²) in [5, 5.41) is 5.66. The molecule has 0 unspecified atom stereocenters. The van der Waals surface area contributed by atoms with Gasteiger partial charge in [0.15, 0.2) is 11.5 Å². The van der Waals surface area contributed by atoms with Crippen molar-refractivity contribution in [1.82, 2.24) is 5.32 Å². The fourth-order valence-corrected chi connectivity index (χ4v) is 6.12. The molecule has 11 heteroatoms. The fourth-order valence-electron chi connectivity index (χ4n) is 4.68. The van der Waals surface area contributed by atoms with Gasteiger partial charge in [0.1, 0.15) is 12.4 Å². The molecule has 0 aliphatic heterocycles. The topological polar surface area (TPSA) is 114 Å². The van der Waals surface area contributed by atoms with Crippen LogP contribution >= 0.6 is 0 Å². The normalized spacial score (nSPS) is 13.8. The molecule has 3 aromatic rings. The number of benzene rings is 3. The van der Waals surface area contributed by atoms with Crippen molar-refractivity contribution in [2.24, 2.45) is 0 Å². The lowest BCUT2D eigenvalue weighted by atomic mass is 9.95. The van der Waals surface area contributed by atoms with Gasteiger partial charge in [-0.15, -0.1) is 0 Å². The second kappa shape index (κ2) is 12.8. The van der Waals surface area contributed by atoms with Crippen LogP contribution < -0.4 is 24.4 Å². The van der Waals surface area contributed by atoms with Crippen molar-refractivity contribution in [3.8, 4) is 11.5 Å². The summed E-state index contributed by atoms with van der Waals surface area (Å²) in [5.41, 5.74) is 0.162. The van der Waals surface area contributed by atoms with Gasteiger partial charge in [0.2, 0.25) is 5.91 Å². The summed E-state index contributed by atoms with van der Waals surface area (Å²) in [6.45, 7) is -0.754. The third-order valence-corrected chi connectivity index (χ3v) is 8.49. The highest BCUT2D eigenvalue weighted by atomic mass is 32.2. The molecule has 0 aromatic heterocycles. The van der Waals surface area contributed by atoms with Crippen molar-refractivity contribution in [3.63, 3.8) is 0 Å². The highest BCUT2D eigenvalue weighted by Gasteiger charge is 2.30. The number of para-hydroxylation sites is 2. The molecule has 1 aliphatic rings. The van der Waals surface area contributed by atoms with E-state index >= 15 is 0 Å². The lowest BCUT2D eigenvalue weighted by Crippen LogP contribution is -2.39. The van der Waals surface area contributed by atoms with E-state index in [0.29, 0.717) is 10.1 Å². The van der Waals surface area contributed by atoms with Gasteiger partial charge in [-0.25, -0.2) is 12.8 Å². The number of anilines is 2. The lowest BCUT2D eigenvalue weighted by molar-refractivity contribution is -0.114. The van der Waals surface area contributed by atoms with Gasteiger partial charge in [0.05, 0.1) is 36.1 Å². The minimum Gasteiger partial charge on any atom is -0.493 e. The van der Waals surface area contributed by atoms with E-state index in [1.54, 1.807) is 24.3 Å². The third kappa shape index (κ3) is 6.53. The molecule has 2 N–H and O–H groups in total. The van der Waals surface area contributed by atoms with Gasteiger partial charge in [-0.05, 0) is 49.2 Å². The van der Waals surface area contributed by atoms with E-state index < -0.39 is 28.3 Å². The van der Waals surface area contributed by atoms with Crippen molar-refractivity contribution < 1.29 is 31.9 Å². The monoisotopic (exact) mass is 569 g/mol. The molecule has 2 amide bonds. The van der Waals surface area contributed by atoms with Crippen LogP contribution in [-0.4, -0.2) is 47.0 Å². The summed E-state index contributed by atoms with van der Waals surface area (Å²) in [7, 11) is -1.68. The number of rotatable bonds is 10. The Bertz CT molecular complexity index is 1470. The average Bonchev–Trinajstić information content (AvgIpc) is 2.96. The van der Waals surface area contributed by atoms with Crippen molar-refractivity contribution in [1.29, 1.82) is 0 Å². The van der Waals surface area contributed by atoms with Crippen LogP contribution in [0.3, 0.4) is 0 Å². The standard InChI is InChI=1S/C29H32FN3O6S/c1-38-26-17-16-21(18-27(26)39-2)40(36,37)33(25-15-9-7-13-23(25)30)19-28(34)32-24-14-8-6-12-22(24)29(35)31-20-10-4-3-5-11-20/h6-9,12-18,20H,3-5,10-11,19H2,1-2H3,(H,31,35)(H,32,34). The van der Waals surface area contributed by atoms with Crippen LogP contribution in [0.15, 0.2) is 71.6 Å². The summed E-state index contributed by atoms with van der Waals surface area (Å²) in [6, 6.07) is 15.7. The summed E-state index contributed by atoms with van der Waals surface area (Å²) >= 11 is 0. The van der Waals surface area contributed by atoms with Gasteiger partial charge in [0.25, 0.3) is 15.9 Å². The van der Waals surface area contributed by atoms with E-state index in [9.17, 15) is 22.4 Å². The Kier molecular flexibility index (Phi) is 9.26. The summed E-state index contributed by atoms with van der Waals surface area (Å²) in [6.07, 6.45) is 5.02. The lowest BCUT2D eigenvalue weighted by Gasteiger charge is -2.25. The number of hydrogen-bond donors (Lipinski definition) is 2. The van der Waals surface area contributed by atoms with Crippen LogP contribution in [0.25, 0.3) is 0 Å². The van der Waals surface area contributed by atoms with Gasteiger partial charge in [0, 0.05) is 12.1 Å². The minimum atomic E-state index is -4.45. The fraction of sp³-hybridized carbons (Fsp3) is 0.310. The molecular formula is C29H32FN3O6S. The van der Waals surface area contributed by atoms with Crippen molar-refractivity contribution in [3.05, 3.63) is 78.1 Å². The molecule has 1 saturated carbocycles. The van der Waals surface area contributed by atoms with Crippen LogP contribution in [0.4, 0.5) is 15.8 Å². The minimum absolute atomic E-state index is 0.0631. The number of hydrogen-bond acceptors (Lipinski definition) is 6. The van der Waals surface area contributed by atoms with Crippen LogP contribution in [0, 0.1) is 5.82 Å². The molecule has 1 aliphatic carbocycles. The quantitative estimate of drug-likeness (QED) is 0.365. The van der Waals surface area contributed by atoms with Crippen molar-refractivity contribution in [2.45, 2.75) is 43.0 Å². The Morgan fingerprint density at radius 3 is 2.30 bits per heavy atom. The number of nitrogens with one attached hydrogen (secondary N) is 2. The van der Waals surface area contributed by atoms with E-state index in [2.05, 4.69) is 10.6 Å². The second-order valence-corrected chi connectivity index (χ2v) is 11.2. The summed E-state index contributed by atoms with van der Waals surface area (Å²) in [4.78, 5) is 26.0. The molecule has 0 heterocycles.